The Balaban J connectivity index is 2.09. The van der Waals surface area contributed by atoms with E-state index in [4.69, 9.17) is 18.8 Å². The molecule has 15 heteroatoms. The van der Waals surface area contributed by atoms with Gasteiger partial charge in [0, 0.05) is 11.6 Å². The second kappa shape index (κ2) is 11.8. The average molecular weight is 525 g/mol. The van der Waals surface area contributed by atoms with E-state index < -0.39 is 25.1 Å². The molecule has 0 aliphatic carbocycles. The van der Waals surface area contributed by atoms with Crippen molar-refractivity contribution in [2.45, 2.75) is 25.1 Å². The summed E-state index contributed by atoms with van der Waals surface area (Å²) in [5.41, 5.74) is -1.98. The number of nitriles is 1. The van der Waals surface area contributed by atoms with E-state index in [0.29, 0.717) is 17.1 Å². The summed E-state index contributed by atoms with van der Waals surface area (Å²) in [6.45, 7) is -0.285. The summed E-state index contributed by atoms with van der Waals surface area (Å²) >= 11 is 0. The molecule has 0 radical (unpaired) electrons. The van der Waals surface area contributed by atoms with Crippen LogP contribution in [0.3, 0.4) is 0 Å². The molecule has 0 bridgehead atoms. The van der Waals surface area contributed by atoms with Crippen LogP contribution in [0, 0.1) is 23.0 Å². The van der Waals surface area contributed by atoms with Gasteiger partial charge in [-0.3, -0.25) is 13.6 Å². The Hall–Kier alpha value is -3.08. The highest BCUT2D eigenvalue weighted by molar-refractivity contribution is 7.48. The molecule has 0 aliphatic rings. The number of halogens is 2. The minimum atomic E-state index is -4.43. The highest BCUT2D eigenvalue weighted by Crippen LogP contribution is 2.56. The molecule has 1 aromatic carbocycles. The molecule has 0 spiro atoms. The van der Waals surface area contributed by atoms with Crippen molar-refractivity contribution in [3.8, 4) is 6.07 Å². The molecule has 1 atom stereocenters. The number of nitrogens with zero attached hydrogens (tertiary/aromatic N) is 8. The topological polar surface area (TPSA) is 130 Å². The van der Waals surface area contributed by atoms with Crippen molar-refractivity contribution in [2.24, 2.45) is 0 Å². The van der Waals surface area contributed by atoms with Gasteiger partial charge in [-0.1, -0.05) is 6.07 Å². The van der Waals surface area contributed by atoms with Gasteiger partial charge in [0.15, 0.2) is 0 Å². The number of hydrogen-bond donors (Lipinski definition) is 0. The summed E-state index contributed by atoms with van der Waals surface area (Å²) in [5.74, 6) is -1.76. The lowest BCUT2D eigenvalue weighted by Crippen LogP contribution is -2.41. The van der Waals surface area contributed by atoms with Crippen molar-refractivity contribution in [3.63, 3.8) is 0 Å². The van der Waals surface area contributed by atoms with Gasteiger partial charge < -0.3 is 4.48 Å². The van der Waals surface area contributed by atoms with Crippen LogP contribution >= 0.6 is 7.82 Å². The smallest absolute Gasteiger partial charge is 0.329 e. The van der Waals surface area contributed by atoms with E-state index in [1.165, 1.54) is 40.7 Å². The second-order valence-corrected chi connectivity index (χ2v) is 10.5. The van der Waals surface area contributed by atoms with Crippen LogP contribution in [-0.2, 0) is 36.8 Å². The summed E-state index contributed by atoms with van der Waals surface area (Å²) in [6.07, 6.45) is 5.17. The number of benzene rings is 1. The Morgan fingerprint density at radius 3 is 2.17 bits per heavy atom. The maximum absolute atomic E-state index is 15.3. The van der Waals surface area contributed by atoms with Gasteiger partial charge in [-0.2, -0.15) is 15.5 Å². The molecule has 0 amide bonds. The molecule has 2 aromatic heterocycles. The predicted octanol–water partition coefficient (Wildman–Crippen LogP) is 2.52. The van der Waals surface area contributed by atoms with Gasteiger partial charge in [-0.05, 0) is 6.07 Å². The van der Waals surface area contributed by atoms with Gasteiger partial charge in [0.05, 0.1) is 53.3 Å². The van der Waals surface area contributed by atoms with Crippen molar-refractivity contribution < 1.29 is 31.4 Å². The van der Waals surface area contributed by atoms with Gasteiger partial charge in [-0.15, -0.1) is 0 Å². The Morgan fingerprint density at radius 2 is 1.67 bits per heavy atom. The molecule has 194 valence electrons. The Morgan fingerprint density at radius 1 is 1.06 bits per heavy atom. The van der Waals surface area contributed by atoms with Crippen LogP contribution < -0.4 is 0 Å². The van der Waals surface area contributed by atoms with Crippen molar-refractivity contribution in [1.29, 1.82) is 5.26 Å². The summed E-state index contributed by atoms with van der Waals surface area (Å²) in [7, 11) is 1.31. The molecule has 0 aliphatic heterocycles. The fraction of sp³-hybridized carbons (Fsp3) is 0.476. The minimum absolute atomic E-state index is 0.0258. The van der Waals surface area contributed by atoms with Gasteiger partial charge in [0.25, 0.3) is 0 Å². The molecule has 36 heavy (non-hydrogen) atoms. The highest BCUT2D eigenvalue weighted by atomic mass is 31.2. The summed E-state index contributed by atoms with van der Waals surface area (Å²) in [6, 6.07) is 4.83. The van der Waals surface area contributed by atoms with Crippen LogP contribution in [0.2, 0.25) is 0 Å². The minimum Gasteiger partial charge on any atom is -0.329 e. The number of rotatable bonds is 14. The van der Waals surface area contributed by atoms with Gasteiger partial charge in [0.1, 0.15) is 55.7 Å². The SMILES string of the molecule is C[N+](C)(C)CCOP(=O)(OCCC#N)OC(Cn1cncn1)(Cn1cncn1)c1ccc(F)cc1F. The maximum Gasteiger partial charge on any atom is 0.476 e. The van der Waals surface area contributed by atoms with Crippen molar-refractivity contribution in [2.75, 3.05) is 40.9 Å². The van der Waals surface area contributed by atoms with E-state index in [-0.39, 0.29) is 38.3 Å². The lowest BCUT2D eigenvalue weighted by molar-refractivity contribution is -0.870. The van der Waals surface area contributed by atoms with E-state index in [9.17, 15) is 8.96 Å². The van der Waals surface area contributed by atoms with Crippen molar-refractivity contribution >= 4 is 7.82 Å². The Bertz CT molecular complexity index is 1160. The number of phosphoric ester groups is 1. The number of hydrogen-bond acceptors (Lipinski definition) is 9. The average Bonchev–Trinajstić information content (AvgIpc) is 3.47. The number of aromatic nitrogens is 6. The lowest BCUT2D eigenvalue weighted by Gasteiger charge is -2.36. The molecule has 2 heterocycles. The van der Waals surface area contributed by atoms with Gasteiger partial charge >= 0.3 is 7.82 Å². The van der Waals surface area contributed by atoms with Crippen molar-refractivity contribution in [1.82, 2.24) is 29.5 Å². The third kappa shape index (κ3) is 7.71. The molecule has 1 unspecified atom stereocenters. The van der Waals surface area contributed by atoms with E-state index in [1.807, 2.05) is 27.2 Å². The number of likely N-dealkylation sites (N-methyl/N-ethyl adjacent to an activating group) is 1. The maximum atomic E-state index is 15.3. The zero-order valence-corrected chi connectivity index (χ0v) is 21.1. The zero-order chi connectivity index (χ0) is 26.2. The van der Waals surface area contributed by atoms with Gasteiger partial charge in [0.2, 0.25) is 0 Å². The number of phosphoric acid groups is 1. The largest absolute Gasteiger partial charge is 0.476 e. The third-order valence-electron chi connectivity index (χ3n) is 4.95. The first-order valence-corrected chi connectivity index (χ1v) is 12.4. The second-order valence-electron chi connectivity index (χ2n) is 8.93. The molecule has 0 N–H and O–H groups in total. The van der Waals surface area contributed by atoms with Crippen LogP contribution in [0.5, 0.6) is 0 Å². The molecular formula is C21H28F2N8O4P+. The monoisotopic (exact) mass is 525 g/mol. The standard InChI is InChI=1S/C21H28F2N8O4P/c1-31(2,3)8-10-34-36(32,33-9-4-7-24)35-21(12-29-16-25-14-27-29,13-30-17-26-15-28-30)19-6-5-18(22)11-20(19)23/h5-6,11,14-17H,4,8-10,12-13H2,1-3H3/q+1. The first-order chi connectivity index (χ1) is 17.0. The summed E-state index contributed by atoms with van der Waals surface area (Å²) in [4.78, 5) is 7.81. The molecule has 3 aromatic rings. The molecular weight excluding hydrogens is 497 g/mol. The Kier molecular flexibility index (Phi) is 8.99. The molecule has 0 fully saturated rings. The van der Waals surface area contributed by atoms with Crippen LogP contribution in [0.25, 0.3) is 0 Å². The van der Waals surface area contributed by atoms with Gasteiger partial charge in [-0.25, -0.2) is 32.7 Å². The first-order valence-electron chi connectivity index (χ1n) is 10.9. The number of quaternary nitrogens is 1. The van der Waals surface area contributed by atoms with E-state index in [2.05, 4.69) is 20.2 Å². The molecule has 3 rings (SSSR count). The predicted molar refractivity (Wildman–Crippen MR) is 122 cm³/mol. The highest BCUT2D eigenvalue weighted by Gasteiger charge is 2.46. The molecule has 0 saturated heterocycles. The molecule has 0 saturated carbocycles. The van der Waals surface area contributed by atoms with E-state index >= 15 is 4.39 Å². The van der Waals surface area contributed by atoms with Crippen LogP contribution in [0.15, 0.2) is 43.5 Å². The summed E-state index contributed by atoms with van der Waals surface area (Å²) < 4.78 is 63.4. The van der Waals surface area contributed by atoms with E-state index in [0.717, 1.165) is 6.07 Å². The van der Waals surface area contributed by atoms with Crippen LogP contribution in [0.4, 0.5) is 8.78 Å². The first kappa shape index (κ1) is 27.5. The fourth-order valence-electron chi connectivity index (χ4n) is 3.27. The van der Waals surface area contributed by atoms with E-state index in [1.54, 1.807) is 0 Å². The lowest BCUT2D eigenvalue weighted by atomic mass is 9.93. The zero-order valence-electron chi connectivity index (χ0n) is 20.2. The fourth-order valence-corrected chi connectivity index (χ4v) is 4.71. The quantitative estimate of drug-likeness (QED) is 0.177. The third-order valence-corrected chi connectivity index (χ3v) is 6.52. The summed E-state index contributed by atoms with van der Waals surface area (Å²) in [5, 5.41) is 17.1. The van der Waals surface area contributed by atoms with Crippen LogP contribution in [-0.4, -0.2) is 74.9 Å². The van der Waals surface area contributed by atoms with Crippen LogP contribution in [0.1, 0.15) is 12.0 Å². The molecule has 12 nitrogen and oxygen atoms in total. The Labute approximate surface area is 207 Å². The van der Waals surface area contributed by atoms with Crippen molar-refractivity contribution in [3.05, 3.63) is 60.7 Å². The normalized spacial score (nSPS) is 13.9.